The zero-order valence-corrected chi connectivity index (χ0v) is 13.8. The molecular weight excluding hydrogens is 304 g/mol. The van der Waals surface area contributed by atoms with Crippen molar-refractivity contribution >= 4 is 23.1 Å². The van der Waals surface area contributed by atoms with Gasteiger partial charge in [-0.2, -0.15) is 0 Å². The summed E-state index contributed by atoms with van der Waals surface area (Å²) in [5.74, 6) is 1.03. The van der Waals surface area contributed by atoms with Gasteiger partial charge in [0.15, 0.2) is 5.82 Å². The van der Waals surface area contributed by atoms with Crippen LogP contribution < -0.4 is 10.6 Å². The number of amides is 1. The summed E-state index contributed by atoms with van der Waals surface area (Å²) in [6.45, 7) is 5.80. The van der Waals surface area contributed by atoms with Gasteiger partial charge in [0.05, 0.1) is 0 Å². The maximum atomic E-state index is 12.5. The van der Waals surface area contributed by atoms with E-state index in [0.717, 1.165) is 16.8 Å². The number of carbonyl (C=O) groups is 1. The monoisotopic (exact) mass is 322 g/mol. The van der Waals surface area contributed by atoms with Gasteiger partial charge in [-0.1, -0.05) is 17.3 Å². The number of nitrogens with zero attached hydrogens (tertiary/aromatic N) is 2. The highest BCUT2D eigenvalue weighted by molar-refractivity contribution is 6.03. The third kappa shape index (κ3) is 3.43. The molecule has 0 aliphatic carbocycles. The van der Waals surface area contributed by atoms with Crippen LogP contribution >= 0.6 is 0 Å². The van der Waals surface area contributed by atoms with E-state index in [-0.39, 0.29) is 5.91 Å². The Morgan fingerprint density at radius 3 is 2.71 bits per heavy atom. The lowest BCUT2D eigenvalue weighted by atomic mass is 10.1. The van der Waals surface area contributed by atoms with Gasteiger partial charge >= 0.3 is 0 Å². The summed E-state index contributed by atoms with van der Waals surface area (Å²) in [5, 5.41) is 9.85. The molecule has 0 atom stereocenters. The quantitative estimate of drug-likeness (QED) is 0.759. The molecule has 122 valence electrons. The third-order valence-electron chi connectivity index (χ3n) is 3.75. The zero-order chi connectivity index (χ0) is 17.1. The van der Waals surface area contributed by atoms with Gasteiger partial charge in [-0.15, -0.1) is 0 Å². The normalized spacial score (nSPS) is 10.5. The van der Waals surface area contributed by atoms with E-state index in [1.807, 2.05) is 39.0 Å². The molecular formula is C18H18N4O2. The van der Waals surface area contributed by atoms with Crippen LogP contribution in [0.5, 0.6) is 0 Å². The first kappa shape index (κ1) is 15.7. The second kappa shape index (κ2) is 6.54. The van der Waals surface area contributed by atoms with Gasteiger partial charge in [0.1, 0.15) is 11.5 Å². The Hall–Kier alpha value is -3.15. The highest BCUT2D eigenvalue weighted by Crippen LogP contribution is 2.20. The molecule has 6 heteroatoms. The molecule has 0 spiro atoms. The van der Waals surface area contributed by atoms with Gasteiger partial charge in [0, 0.05) is 23.6 Å². The number of pyridine rings is 1. The van der Waals surface area contributed by atoms with E-state index in [2.05, 4.69) is 20.8 Å². The Morgan fingerprint density at radius 1 is 1.12 bits per heavy atom. The lowest BCUT2D eigenvalue weighted by Crippen LogP contribution is -2.14. The van der Waals surface area contributed by atoms with Gasteiger partial charge in [0.25, 0.3) is 5.91 Å². The van der Waals surface area contributed by atoms with Crippen molar-refractivity contribution < 1.29 is 9.32 Å². The van der Waals surface area contributed by atoms with E-state index in [9.17, 15) is 4.79 Å². The molecule has 0 aliphatic heterocycles. The highest BCUT2D eigenvalue weighted by atomic mass is 16.5. The second-order valence-electron chi connectivity index (χ2n) is 5.58. The molecule has 0 unspecified atom stereocenters. The number of anilines is 3. The molecule has 0 aliphatic rings. The molecule has 3 aromatic rings. The lowest BCUT2D eigenvalue weighted by molar-refractivity contribution is 0.102. The van der Waals surface area contributed by atoms with Crippen LogP contribution in [0.4, 0.5) is 17.2 Å². The number of carbonyl (C=O) groups excluding carboxylic acids is 1. The van der Waals surface area contributed by atoms with Crippen LogP contribution in [-0.2, 0) is 0 Å². The molecule has 0 saturated heterocycles. The summed E-state index contributed by atoms with van der Waals surface area (Å²) in [6, 6.07) is 11.0. The summed E-state index contributed by atoms with van der Waals surface area (Å²) < 4.78 is 5.01. The fourth-order valence-corrected chi connectivity index (χ4v) is 2.28. The number of aryl methyl sites for hydroxylation is 2. The summed E-state index contributed by atoms with van der Waals surface area (Å²) >= 11 is 0. The van der Waals surface area contributed by atoms with Crippen LogP contribution in [0.3, 0.4) is 0 Å². The largest absolute Gasteiger partial charge is 0.360 e. The van der Waals surface area contributed by atoms with Crippen molar-refractivity contribution in [3.05, 3.63) is 65.2 Å². The Bertz CT molecular complexity index is 886. The average Bonchev–Trinajstić information content (AvgIpc) is 2.97. The van der Waals surface area contributed by atoms with E-state index in [1.165, 1.54) is 0 Å². The van der Waals surface area contributed by atoms with Crippen LogP contribution in [0.2, 0.25) is 0 Å². The van der Waals surface area contributed by atoms with E-state index in [0.29, 0.717) is 23.0 Å². The first-order valence-corrected chi connectivity index (χ1v) is 7.57. The number of nitrogens with one attached hydrogen (secondary N) is 2. The van der Waals surface area contributed by atoms with E-state index in [4.69, 9.17) is 4.52 Å². The maximum absolute atomic E-state index is 12.5. The third-order valence-corrected chi connectivity index (χ3v) is 3.75. The predicted octanol–water partition coefficient (Wildman–Crippen LogP) is 3.99. The Kier molecular flexibility index (Phi) is 4.29. The van der Waals surface area contributed by atoms with Gasteiger partial charge in [0.2, 0.25) is 0 Å². The number of hydrogen-bond acceptors (Lipinski definition) is 5. The molecule has 24 heavy (non-hydrogen) atoms. The molecule has 1 amide bonds. The Balaban J connectivity index is 1.78. The van der Waals surface area contributed by atoms with Crippen molar-refractivity contribution in [3.8, 4) is 0 Å². The van der Waals surface area contributed by atoms with Crippen LogP contribution in [0.15, 0.2) is 47.1 Å². The molecule has 3 rings (SSSR count). The van der Waals surface area contributed by atoms with E-state index in [1.54, 1.807) is 24.4 Å². The minimum atomic E-state index is -0.260. The van der Waals surface area contributed by atoms with Crippen LogP contribution in [0, 0.1) is 20.8 Å². The molecule has 1 aromatic carbocycles. The molecule has 0 fully saturated rings. The van der Waals surface area contributed by atoms with Gasteiger partial charge in [-0.05, 0) is 50.1 Å². The van der Waals surface area contributed by atoms with Gasteiger partial charge in [-0.25, -0.2) is 0 Å². The minimum Gasteiger partial charge on any atom is -0.360 e. The highest BCUT2D eigenvalue weighted by Gasteiger charge is 2.11. The van der Waals surface area contributed by atoms with Crippen molar-refractivity contribution in [2.24, 2.45) is 0 Å². The SMILES string of the molecule is Cc1cc(Nc2ccnc(C(=O)Nc3cccc(C)c3C)c2)no1. The topological polar surface area (TPSA) is 80.0 Å². The second-order valence-corrected chi connectivity index (χ2v) is 5.58. The summed E-state index contributed by atoms with van der Waals surface area (Å²) in [7, 11) is 0. The minimum absolute atomic E-state index is 0.260. The van der Waals surface area contributed by atoms with E-state index < -0.39 is 0 Å². The predicted molar refractivity (Wildman–Crippen MR) is 92.6 cm³/mol. The Labute approximate surface area is 139 Å². The van der Waals surface area contributed by atoms with Crippen molar-refractivity contribution in [1.29, 1.82) is 0 Å². The zero-order valence-electron chi connectivity index (χ0n) is 13.8. The summed E-state index contributed by atoms with van der Waals surface area (Å²) in [5.41, 5.74) is 3.98. The van der Waals surface area contributed by atoms with Crippen molar-refractivity contribution in [2.45, 2.75) is 20.8 Å². The van der Waals surface area contributed by atoms with Gasteiger partial charge < -0.3 is 15.2 Å². The standard InChI is InChI=1S/C18H18N4O2/c1-11-5-4-6-15(13(11)3)21-18(23)16-10-14(7-8-19-16)20-17-9-12(2)24-22-17/h4-10H,1-3H3,(H,21,23)(H,19,20,22). The van der Waals surface area contributed by atoms with Crippen molar-refractivity contribution in [3.63, 3.8) is 0 Å². The molecule has 2 aromatic heterocycles. The van der Waals surface area contributed by atoms with Gasteiger partial charge in [-0.3, -0.25) is 9.78 Å². The number of benzene rings is 1. The van der Waals surface area contributed by atoms with Crippen LogP contribution in [0.1, 0.15) is 27.4 Å². The smallest absolute Gasteiger partial charge is 0.274 e. The number of hydrogen-bond donors (Lipinski definition) is 2. The lowest BCUT2D eigenvalue weighted by Gasteiger charge is -2.10. The molecule has 0 radical (unpaired) electrons. The Morgan fingerprint density at radius 2 is 1.96 bits per heavy atom. The molecule has 2 N–H and O–H groups in total. The molecule has 2 heterocycles. The molecule has 0 saturated carbocycles. The maximum Gasteiger partial charge on any atom is 0.274 e. The van der Waals surface area contributed by atoms with Crippen molar-refractivity contribution in [2.75, 3.05) is 10.6 Å². The molecule has 0 bridgehead atoms. The van der Waals surface area contributed by atoms with Crippen molar-refractivity contribution in [1.82, 2.24) is 10.1 Å². The number of aromatic nitrogens is 2. The summed E-state index contributed by atoms with van der Waals surface area (Å²) in [4.78, 5) is 16.6. The first-order valence-electron chi connectivity index (χ1n) is 7.57. The van der Waals surface area contributed by atoms with E-state index >= 15 is 0 Å². The fraction of sp³-hybridized carbons (Fsp3) is 0.167. The fourth-order valence-electron chi connectivity index (χ4n) is 2.28. The summed E-state index contributed by atoms with van der Waals surface area (Å²) in [6.07, 6.45) is 1.58. The average molecular weight is 322 g/mol. The number of rotatable bonds is 4. The van der Waals surface area contributed by atoms with Crippen LogP contribution in [-0.4, -0.2) is 16.0 Å². The van der Waals surface area contributed by atoms with Crippen LogP contribution in [0.25, 0.3) is 0 Å². The first-order chi connectivity index (χ1) is 11.5. The molecule has 6 nitrogen and oxygen atoms in total.